The Morgan fingerprint density at radius 1 is 0.957 bits per heavy atom. The van der Waals surface area contributed by atoms with Crippen LogP contribution in [0.15, 0.2) is 11.1 Å². The molecule has 0 spiro atoms. The minimum Gasteiger partial charge on any atom is -0.382 e. The van der Waals surface area contributed by atoms with E-state index in [0.29, 0.717) is 0 Å². The van der Waals surface area contributed by atoms with Crippen molar-refractivity contribution < 1.29 is 0 Å². The second-order valence-corrected chi connectivity index (χ2v) is 5.12. The lowest BCUT2D eigenvalue weighted by Crippen LogP contribution is -2.15. The van der Waals surface area contributed by atoms with E-state index in [-0.39, 0.29) is 44.7 Å². The van der Waals surface area contributed by atoms with E-state index in [1.54, 1.807) is 0 Å². The Morgan fingerprint density at radius 3 is 2.35 bits per heavy atom. The number of rotatable bonds is 1. The second kappa shape index (κ2) is 4.54. The number of aromatic nitrogens is 8. The van der Waals surface area contributed by atoms with Crippen LogP contribution in [0.5, 0.6) is 0 Å². The number of nitrogen functional groups attached to an aromatic ring is 2. The molecule has 0 aromatic carbocycles. The molecule has 4 rings (SSSR count). The number of H-pyrrole nitrogens is 1. The summed E-state index contributed by atoms with van der Waals surface area (Å²) in [5, 5.41) is -0.101. The monoisotopic (exact) mass is 352 g/mol. The molecular formula is C10H6Cl2N10O. The van der Waals surface area contributed by atoms with Gasteiger partial charge in [-0.05, 0) is 23.2 Å². The molecule has 0 aliphatic heterocycles. The lowest BCUT2D eigenvalue weighted by Gasteiger charge is -2.07. The molecule has 13 heteroatoms. The quantitative estimate of drug-likeness (QED) is 0.405. The molecule has 0 amide bonds. The Kier molecular flexibility index (Phi) is 2.71. The standard InChI is InChI=1S/C10H6Cl2N10O/c11-8-17-2-4(13)15-1-16-5(2)21(8)22-6-3(18-9(22)12)7(23)20-10(14)19-6/h1H,(H2,13,15,16)(H3,14,19,20,23). The van der Waals surface area contributed by atoms with Crippen molar-refractivity contribution in [2.45, 2.75) is 0 Å². The molecule has 11 nitrogen and oxygen atoms in total. The van der Waals surface area contributed by atoms with Crippen LogP contribution in [0.3, 0.4) is 0 Å². The Balaban J connectivity index is 2.20. The van der Waals surface area contributed by atoms with Crippen molar-refractivity contribution in [3.05, 3.63) is 27.2 Å². The van der Waals surface area contributed by atoms with E-state index < -0.39 is 5.56 Å². The van der Waals surface area contributed by atoms with E-state index in [9.17, 15) is 4.79 Å². The van der Waals surface area contributed by atoms with Crippen LogP contribution in [0.25, 0.3) is 22.3 Å². The van der Waals surface area contributed by atoms with Crippen LogP contribution in [0, 0.1) is 0 Å². The molecule has 0 saturated heterocycles. The maximum absolute atomic E-state index is 11.9. The summed E-state index contributed by atoms with van der Waals surface area (Å²) in [6.07, 6.45) is 1.24. The first-order chi connectivity index (χ1) is 11.0. The first-order valence-electron chi connectivity index (χ1n) is 6.06. The Labute approximate surface area is 135 Å². The molecule has 5 N–H and O–H groups in total. The molecule has 4 heterocycles. The van der Waals surface area contributed by atoms with Gasteiger partial charge in [0.15, 0.2) is 28.1 Å². The SMILES string of the molecule is Nc1nc2c(nc(Cl)n2-n2c(Cl)nc3c(N)ncnc32)c(=O)[nH]1. The maximum Gasteiger partial charge on any atom is 0.280 e. The highest BCUT2D eigenvalue weighted by Gasteiger charge is 2.21. The number of halogens is 2. The first kappa shape index (κ1) is 13.7. The maximum atomic E-state index is 11.9. The molecule has 0 fully saturated rings. The van der Waals surface area contributed by atoms with Gasteiger partial charge in [-0.3, -0.25) is 9.78 Å². The van der Waals surface area contributed by atoms with Gasteiger partial charge in [-0.25, -0.2) is 19.9 Å². The molecule has 0 radical (unpaired) electrons. The summed E-state index contributed by atoms with van der Waals surface area (Å²) in [5.74, 6) is 0.0384. The van der Waals surface area contributed by atoms with Gasteiger partial charge in [0.1, 0.15) is 6.33 Å². The van der Waals surface area contributed by atoms with Crippen molar-refractivity contribution in [1.82, 2.24) is 39.3 Å². The van der Waals surface area contributed by atoms with E-state index in [2.05, 4.69) is 29.9 Å². The number of imidazole rings is 2. The Hall–Kier alpha value is -2.92. The van der Waals surface area contributed by atoms with Crippen LogP contribution in [0.4, 0.5) is 11.8 Å². The highest BCUT2D eigenvalue weighted by atomic mass is 35.5. The van der Waals surface area contributed by atoms with E-state index in [4.69, 9.17) is 34.7 Å². The molecule has 4 aromatic rings. The molecule has 4 aromatic heterocycles. The van der Waals surface area contributed by atoms with Crippen molar-refractivity contribution in [1.29, 1.82) is 0 Å². The van der Waals surface area contributed by atoms with Gasteiger partial charge in [-0.15, -0.1) is 0 Å². The minimum atomic E-state index is -0.539. The van der Waals surface area contributed by atoms with Crippen LogP contribution in [-0.2, 0) is 0 Å². The fourth-order valence-corrected chi connectivity index (χ4v) is 2.65. The Bertz CT molecular complexity index is 1140. The highest BCUT2D eigenvalue weighted by Crippen LogP contribution is 2.25. The average Bonchev–Trinajstić information content (AvgIpc) is 2.97. The van der Waals surface area contributed by atoms with Gasteiger partial charge in [0.25, 0.3) is 5.56 Å². The van der Waals surface area contributed by atoms with Crippen molar-refractivity contribution in [3.8, 4) is 0 Å². The van der Waals surface area contributed by atoms with Gasteiger partial charge in [0.05, 0.1) is 0 Å². The number of nitrogens with two attached hydrogens (primary N) is 2. The van der Waals surface area contributed by atoms with Crippen molar-refractivity contribution in [2.24, 2.45) is 0 Å². The van der Waals surface area contributed by atoms with E-state index in [0.717, 1.165) is 0 Å². The molecule has 116 valence electrons. The lowest BCUT2D eigenvalue weighted by molar-refractivity contribution is 0.690. The van der Waals surface area contributed by atoms with Crippen LogP contribution < -0.4 is 17.0 Å². The largest absolute Gasteiger partial charge is 0.382 e. The fourth-order valence-electron chi connectivity index (χ4n) is 2.17. The summed E-state index contributed by atoms with van der Waals surface area (Å²) in [5.41, 5.74) is 11.4. The Morgan fingerprint density at radius 2 is 1.61 bits per heavy atom. The van der Waals surface area contributed by atoms with Crippen LogP contribution in [0.2, 0.25) is 10.6 Å². The summed E-state index contributed by atoms with van der Waals surface area (Å²) in [4.78, 5) is 34.3. The molecular weight excluding hydrogens is 347 g/mol. The van der Waals surface area contributed by atoms with Crippen LogP contribution >= 0.6 is 23.2 Å². The van der Waals surface area contributed by atoms with Gasteiger partial charge >= 0.3 is 0 Å². The number of aromatic amines is 1. The number of nitrogens with zero attached hydrogens (tertiary/aromatic N) is 7. The predicted octanol–water partition coefficient (Wildman–Crippen LogP) is 0.0419. The summed E-state index contributed by atoms with van der Waals surface area (Å²) < 4.78 is 2.56. The van der Waals surface area contributed by atoms with Crippen LogP contribution in [-0.4, -0.2) is 39.3 Å². The molecule has 0 aliphatic carbocycles. The molecule has 0 bridgehead atoms. The topological polar surface area (TPSA) is 159 Å². The van der Waals surface area contributed by atoms with Gasteiger partial charge < -0.3 is 11.5 Å². The van der Waals surface area contributed by atoms with Gasteiger partial charge in [-0.1, -0.05) is 0 Å². The zero-order valence-electron chi connectivity index (χ0n) is 11.0. The number of hydrogen-bond acceptors (Lipinski definition) is 8. The lowest BCUT2D eigenvalue weighted by atomic mass is 10.5. The summed E-state index contributed by atoms with van der Waals surface area (Å²) in [7, 11) is 0. The molecule has 0 unspecified atom stereocenters. The number of hydrogen-bond donors (Lipinski definition) is 3. The second-order valence-electron chi connectivity index (χ2n) is 4.44. The van der Waals surface area contributed by atoms with Gasteiger partial charge in [0.2, 0.25) is 16.5 Å². The average molecular weight is 353 g/mol. The summed E-state index contributed by atoms with van der Waals surface area (Å²) >= 11 is 12.3. The molecule has 23 heavy (non-hydrogen) atoms. The fraction of sp³-hybridized carbons (Fsp3) is 0. The number of nitrogens with one attached hydrogen (secondary N) is 1. The predicted molar refractivity (Wildman–Crippen MR) is 83.1 cm³/mol. The van der Waals surface area contributed by atoms with E-state index >= 15 is 0 Å². The van der Waals surface area contributed by atoms with Gasteiger partial charge in [-0.2, -0.15) is 14.3 Å². The van der Waals surface area contributed by atoms with Crippen molar-refractivity contribution in [2.75, 3.05) is 11.5 Å². The zero-order chi connectivity index (χ0) is 16.3. The summed E-state index contributed by atoms with van der Waals surface area (Å²) in [6, 6.07) is 0. The molecule has 0 atom stereocenters. The minimum absolute atomic E-state index is 0.0101. The highest BCUT2D eigenvalue weighted by molar-refractivity contribution is 6.30. The molecule has 0 aliphatic rings. The zero-order valence-corrected chi connectivity index (χ0v) is 12.5. The van der Waals surface area contributed by atoms with Crippen LogP contribution in [0.1, 0.15) is 0 Å². The van der Waals surface area contributed by atoms with E-state index in [1.807, 2.05) is 0 Å². The van der Waals surface area contributed by atoms with Gasteiger partial charge in [0, 0.05) is 0 Å². The van der Waals surface area contributed by atoms with Crippen molar-refractivity contribution in [3.63, 3.8) is 0 Å². The van der Waals surface area contributed by atoms with E-state index in [1.165, 1.54) is 15.7 Å². The number of fused-ring (bicyclic) bond motifs is 2. The third-order valence-corrected chi connectivity index (χ3v) is 3.57. The third-order valence-electron chi connectivity index (χ3n) is 3.09. The number of anilines is 2. The smallest absolute Gasteiger partial charge is 0.280 e. The normalized spacial score (nSPS) is 11.6. The van der Waals surface area contributed by atoms with Crippen molar-refractivity contribution >= 4 is 57.3 Å². The third kappa shape index (κ3) is 1.83. The molecule has 0 saturated carbocycles. The first-order valence-corrected chi connectivity index (χ1v) is 6.82. The summed E-state index contributed by atoms with van der Waals surface area (Å²) in [6.45, 7) is 0.